The van der Waals surface area contributed by atoms with E-state index < -0.39 is 11.9 Å². The third-order valence-corrected chi connectivity index (χ3v) is 3.59. The van der Waals surface area contributed by atoms with Crippen molar-refractivity contribution >= 4 is 17.6 Å². The van der Waals surface area contributed by atoms with E-state index in [1.165, 1.54) is 0 Å². The van der Waals surface area contributed by atoms with E-state index in [1.807, 2.05) is 50.2 Å². The van der Waals surface area contributed by atoms with Crippen molar-refractivity contribution in [3.05, 3.63) is 65.2 Å². The van der Waals surface area contributed by atoms with E-state index in [9.17, 15) is 14.7 Å². The minimum atomic E-state index is -1.22. The summed E-state index contributed by atoms with van der Waals surface area (Å²) in [5.74, 6) is -2.19. The number of carboxylic acid groups (broad SMARTS) is 1. The Morgan fingerprint density at radius 2 is 1.65 bits per heavy atom. The Kier molecular flexibility index (Phi) is 5.52. The molecule has 0 fully saturated rings. The fourth-order valence-electron chi connectivity index (χ4n) is 2.70. The summed E-state index contributed by atoms with van der Waals surface area (Å²) < 4.78 is 0. The summed E-state index contributed by atoms with van der Waals surface area (Å²) in [6.07, 6.45) is 0.0703. The number of hydrogen-bond acceptors (Lipinski definition) is 3. The van der Waals surface area contributed by atoms with Crippen molar-refractivity contribution in [2.45, 2.75) is 26.7 Å². The number of carboxylic acids is 1. The minimum absolute atomic E-state index is 0.300. The van der Waals surface area contributed by atoms with Crippen LogP contribution in [0.1, 0.15) is 23.1 Å². The predicted octanol–water partition coefficient (Wildman–Crippen LogP) is 2.24. The summed E-state index contributed by atoms with van der Waals surface area (Å²) in [5, 5.41) is 13.8. The number of para-hydroxylation sites is 1. The maximum atomic E-state index is 12.4. The molecular formula is C19H20NO3-. The van der Waals surface area contributed by atoms with Gasteiger partial charge in [-0.1, -0.05) is 47.5 Å². The van der Waals surface area contributed by atoms with Gasteiger partial charge in [-0.15, -0.1) is 0 Å². The van der Waals surface area contributed by atoms with E-state index >= 15 is 0 Å². The van der Waals surface area contributed by atoms with E-state index in [4.69, 9.17) is 0 Å². The lowest BCUT2D eigenvalue weighted by molar-refractivity contribution is -0.306. The van der Waals surface area contributed by atoms with Gasteiger partial charge in [-0.2, -0.15) is 0 Å². The van der Waals surface area contributed by atoms with Gasteiger partial charge >= 0.3 is 0 Å². The molecule has 0 aliphatic carbocycles. The van der Waals surface area contributed by atoms with Crippen LogP contribution in [0.25, 0.3) is 0 Å². The molecule has 0 unspecified atom stereocenters. The summed E-state index contributed by atoms with van der Waals surface area (Å²) in [6.45, 7) is 3.96. The van der Waals surface area contributed by atoms with Gasteiger partial charge in [0.05, 0.1) is 0 Å². The van der Waals surface area contributed by atoms with Crippen LogP contribution in [0.5, 0.6) is 0 Å². The Hall–Kier alpha value is -2.62. The van der Waals surface area contributed by atoms with Crippen molar-refractivity contribution in [1.82, 2.24) is 0 Å². The van der Waals surface area contributed by atoms with Crippen LogP contribution >= 0.6 is 0 Å². The van der Waals surface area contributed by atoms with Crippen LogP contribution in [-0.2, 0) is 16.0 Å². The van der Waals surface area contributed by atoms with Gasteiger partial charge in [0, 0.05) is 17.6 Å². The van der Waals surface area contributed by atoms with Gasteiger partial charge in [0.25, 0.3) is 0 Å². The Labute approximate surface area is 136 Å². The second-order valence-corrected chi connectivity index (χ2v) is 5.83. The highest BCUT2D eigenvalue weighted by atomic mass is 16.4. The quantitative estimate of drug-likeness (QED) is 0.889. The summed E-state index contributed by atoms with van der Waals surface area (Å²) in [5.41, 5.74) is 3.80. The summed E-state index contributed by atoms with van der Waals surface area (Å²) in [4.78, 5) is 23.4. The second-order valence-electron chi connectivity index (χ2n) is 5.83. The largest absolute Gasteiger partial charge is 0.550 e. The van der Waals surface area contributed by atoms with Gasteiger partial charge in [0.1, 0.15) is 0 Å². The van der Waals surface area contributed by atoms with Gasteiger partial charge in [-0.05, 0) is 44.4 Å². The first-order valence-corrected chi connectivity index (χ1v) is 7.57. The van der Waals surface area contributed by atoms with E-state index in [2.05, 4.69) is 5.32 Å². The molecule has 4 heteroatoms. The molecule has 1 atom stereocenters. The monoisotopic (exact) mass is 310 g/mol. The molecular weight excluding hydrogens is 290 g/mol. The number of aliphatic carboxylic acids is 1. The molecule has 0 saturated carbocycles. The number of hydrogen-bond donors (Lipinski definition) is 1. The van der Waals surface area contributed by atoms with E-state index in [0.717, 1.165) is 16.7 Å². The molecule has 2 aromatic rings. The molecule has 2 rings (SSSR count). The van der Waals surface area contributed by atoms with Crippen molar-refractivity contribution in [1.29, 1.82) is 0 Å². The van der Waals surface area contributed by atoms with Gasteiger partial charge in [0.2, 0.25) is 5.91 Å². The zero-order chi connectivity index (χ0) is 16.8. The summed E-state index contributed by atoms with van der Waals surface area (Å²) >= 11 is 0. The van der Waals surface area contributed by atoms with Crippen LogP contribution in [-0.4, -0.2) is 11.9 Å². The van der Waals surface area contributed by atoms with Crippen molar-refractivity contribution < 1.29 is 14.7 Å². The number of rotatable bonds is 6. The molecule has 2 aromatic carbocycles. The molecule has 0 bridgehead atoms. The van der Waals surface area contributed by atoms with Crippen LogP contribution in [0.4, 0.5) is 5.69 Å². The predicted molar refractivity (Wildman–Crippen MR) is 87.8 cm³/mol. The highest BCUT2D eigenvalue weighted by Gasteiger charge is 2.20. The molecule has 0 heterocycles. The molecule has 0 spiro atoms. The maximum Gasteiger partial charge on any atom is 0.228 e. The molecule has 0 saturated heterocycles. The first-order valence-electron chi connectivity index (χ1n) is 7.57. The van der Waals surface area contributed by atoms with Crippen molar-refractivity contribution in [3.63, 3.8) is 0 Å². The lowest BCUT2D eigenvalue weighted by atomic mass is 9.93. The number of nitrogens with one attached hydrogen (secondary N) is 1. The minimum Gasteiger partial charge on any atom is -0.550 e. The first kappa shape index (κ1) is 16.7. The SMILES string of the molecule is Cc1cc(C)cc(C[C@H](CC(=O)[O-])C(=O)Nc2ccccc2)c1. The van der Waals surface area contributed by atoms with Crippen molar-refractivity contribution in [2.24, 2.45) is 5.92 Å². The number of aryl methyl sites for hydroxylation is 2. The summed E-state index contributed by atoms with van der Waals surface area (Å²) in [6, 6.07) is 15.0. The van der Waals surface area contributed by atoms with Gasteiger partial charge in [-0.25, -0.2) is 0 Å². The van der Waals surface area contributed by atoms with E-state index in [0.29, 0.717) is 12.1 Å². The number of benzene rings is 2. The van der Waals surface area contributed by atoms with Crippen molar-refractivity contribution in [3.8, 4) is 0 Å². The van der Waals surface area contributed by atoms with Crippen LogP contribution in [0.2, 0.25) is 0 Å². The molecule has 23 heavy (non-hydrogen) atoms. The Balaban J connectivity index is 2.15. The van der Waals surface area contributed by atoms with E-state index in [-0.39, 0.29) is 12.3 Å². The van der Waals surface area contributed by atoms with Crippen LogP contribution in [0, 0.1) is 19.8 Å². The zero-order valence-electron chi connectivity index (χ0n) is 13.3. The number of carbonyl (C=O) groups is 2. The lowest BCUT2D eigenvalue weighted by Gasteiger charge is -2.18. The van der Waals surface area contributed by atoms with Gasteiger partial charge in [-0.3, -0.25) is 4.79 Å². The Bertz CT molecular complexity index is 675. The highest BCUT2D eigenvalue weighted by molar-refractivity contribution is 5.94. The van der Waals surface area contributed by atoms with E-state index in [1.54, 1.807) is 12.1 Å². The topological polar surface area (TPSA) is 69.2 Å². The Morgan fingerprint density at radius 3 is 2.22 bits per heavy atom. The zero-order valence-corrected chi connectivity index (χ0v) is 13.3. The highest BCUT2D eigenvalue weighted by Crippen LogP contribution is 2.18. The molecule has 1 N–H and O–H groups in total. The molecule has 4 nitrogen and oxygen atoms in total. The van der Waals surface area contributed by atoms with Crippen LogP contribution in [0.15, 0.2) is 48.5 Å². The summed E-state index contributed by atoms with van der Waals surface area (Å²) in [7, 11) is 0. The first-order chi connectivity index (χ1) is 10.9. The second kappa shape index (κ2) is 7.58. The third kappa shape index (κ3) is 5.25. The smallest absolute Gasteiger partial charge is 0.228 e. The van der Waals surface area contributed by atoms with Crippen molar-refractivity contribution in [2.75, 3.05) is 5.32 Å². The maximum absolute atomic E-state index is 12.4. The fourth-order valence-corrected chi connectivity index (χ4v) is 2.70. The molecule has 0 aliphatic rings. The molecule has 120 valence electrons. The normalized spacial score (nSPS) is 11.7. The third-order valence-electron chi connectivity index (χ3n) is 3.59. The van der Waals surface area contributed by atoms with Gasteiger partial charge < -0.3 is 15.2 Å². The molecule has 0 radical (unpaired) electrons. The average Bonchev–Trinajstić information content (AvgIpc) is 2.46. The number of anilines is 1. The lowest BCUT2D eigenvalue weighted by Crippen LogP contribution is -2.32. The standard InChI is InChI=1S/C19H21NO3/c1-13-8-14(2)10-15(9-13)11-16(12-18(21)22)19(23)20-17-6-4-3-5-7-17/h3-10,16H,11-12H2,1-2H3,(H,20,23)(H,21,22)/p-1/t16-/m1/s1. The van der Waals surface area contributed by atoms with Crippen LogP contribution in [0.3, 0.4) is 0 Å². The number of carbonyl (C=O) groups excluding carboxylic acids is 2. The molecule has 0 aromatic heterocycles. The van der Waals surface area contributed by atoms with Crippen LogP contribution < -0.4 is 10.4 Å². The molecule has 0 aliphatic heterocycles. The number of amides is 1. The fraction of sp³-hybridized carbons (Fsp3) is 0.263. The average molecular weight is 310 g/mol. The van der Waals surface area contributed by atoms with Gasteiger partial charge in [0.15, 0.2) is 0 Å². The molecule has 1 amide bonds. The Morgan fingerprint density at radius 1 is 1.04 bits per heavy atom.